The van der Waals surface area contributed by atoms with Crippen molar-refractivity contribution in [2.45, 2.75) is 4.90 Å². The molecule has 0 aliphatic carbocycles. The number of hydrogen-bond donors (Lipinski definition) is 3. The molecule has 0 saturated carbocycles. The van der Waals surface area contributed by atoms with Gasteiger partial charge in [0.1, 0.15) is 5.69 Å². The second-order valence-corrected chi connectivity index (χ2v) is 8.51. The third-order valence-corrected chi connectivity index (χ3v) is 5.69. The minimum Gasteiger partial charge on any atom is -0.463 e. The Kier molecular flexibility index (Phi) is 5.82. The molecule has 0 radical (unpaired) electrons. The fourth-order valence-corrected chi connectivity index (χ4v) is 3.63. The standard InChI is InChI=1S/C22H19N5O5S/c1-24-21(28)14-4-8-16(9-5-14)27-19(20-3-2-12-32-20)13-18(26-27)22(29)25-15-6-10-17(11-7-15)33(23,30)31/h2-13H,1H3,(H,24,28)(H,25,29)(H2,23,30,31). The summed E-state index contributed by atoms with van der Waals surface area (Å²) in [5.41, 5.74) is 2.10. The number of anilines is 1. The number of aromatic nitrogens is 2. The van der Waals surface area contributed by atoms with Gasteiger partial charge in [-0.05, 0) is 60.7 Å². The molecule has 0 bridgehead atoms. The molecule has 10 nitrogen and oxygen atoms in total. The first kappa shape index (κ1) is 22.0. The third-order valence-electron chi connectivity index (χ3n) is 4.76. The number of benzene rings is 2. The van der Waals surface area contributed by atoms with Crippen LogP contribution in [-0.2, 0) is 10.0 Å². The van der Waals surface area contributed by atoms with Crippen molar-refractivity contribution in [2.24, 2.45) is 5.14 Å². The number of primary sulfonamides is 1. The summed E-state index contributed by atoms with van der Waals surface area (Å²) in [6, 6.07) is 17.2. The Labute approximate surface area is 189 Å². The summed E-state index contributed by atoms with van der Waals surface area (Å²) in [6.45, 7) is 0. The quantitative estimate of drug-likeness (QED) is 0.398. The van der Waals surface area contributed by atoms with Crippen molar-refractivity contribution in [2.75, 3.05) is 12.4 Å². The zero-order valence-electron chi connectivity index (χ0n) is 17.3. The maximum Gasteiger partial charge on any atom is 0.276 e. The van der Waals surface area contributed by atoms with Gasteiger partial charge in [0.15, 0.2) is 11.5 Å². The number of amides is 2. The topological polar surface area (TPSA) is 149 Å². The van der Waals surface area contributed by atoms with Crippen LogP contribution < -0.4 is 15.8 Å². The fourth-order valence-electron chi connectivity index (χ4n) is 3.11. The van der Waals surface area contributed by atoms with Crippen molar-refractivity contribution in [1.82, 2.24) is 15.1 Å². The monoisotopic (exact) mass is 465 g/mol. The Hall–Kier alpha value is -4.22. The molecule has 4 N–H and O–H groups in total. The van der Waals surface area contributed by atoms with Gasteiger partial charge in [0.2, 0.25) is 10.0 Å². The molecule has 2 aromatic carbocycles. The highest BCUT2D eigenvalue weighted by atomic mass is 32.2. The summed E-state index contributed by atoms with van der Waals surface area (Å²) in [5, 5.41) is 14.7. The summed E-state index contributed by atoms with van der Waals surface area (Å²) in [5.74, 6) is -0.233. The summed E-state index contributed by atoms with van der Waals surface area (Å²) >= 11 is 0. The van der Waals surface area contributed by atoms with Crippen molar-refractivity contribution >= 4 is 27.5 Å². The molecule has 2 aromatic heterocycles. The maximum absolute atomic E-state index is 12.8. The highest BCUT2D eigenvalue weighted by Crippen LogP contribution is 2.25. The van der Waals surface area contributed by atoms with Gasteiger partial charge >= 0.3 is 0 Å². The Bertz CT molecular complexity index is 1410. The molecular formula is C22H19N5O5S. The van der Waals surface area contributed by atoms with E-state index in [1.54, 1.807) is 49.5 Å². The van der Waals surface area contributed by atoms with Crippen molar-refractivity contribution in [1.29, 1.82) is 0 Å². The smallest absolute Gasteiger partial charge is 0.276 e. The molecule has 0 fully saturated rings. The predicted octanol–water partition coefficient (Wildman–Crippen LogP) is 2.39. The van der Waals surface area contributed by atoms with Gasteiger partial charge in [0.05, 0.1) is 16.8 Å². The third kappa shape index (κ3) is 4.68. The SMILES string of the molecule is CNC(=O)c1ccc(-n2nc(C(=O)Nc3ccc(S(N)(=O)=O)cc3)cc2-c2ccco2)cc1. The van der Waals surface area contributed by atoms with Crippen LogP contribution in [0.25, 0.3) is 17.1 Å². The van der Waals surface area contributed by atoms with E-state index in [4.69, 9.17) is 9.56 Å². The zero-order valence-corrected chi connectivity index (χ0v) is 18.2. The number of sulfonamides is 1. The molecule has 2 amide bonds. The molecule has 0 aliphatic rings. The van der Waals surface area contributed by atoms with Crippen LogP contribution >= 0.6 is 0 Å². The molecule has 11 heteroatoms. The minimum atomic E-state index is -3.83. The number of carbonyl (C=O) groups is 2. The van der Waals surface area contributed by atoms with E-state index in [1.807, 2.05) is 0 Å². The lowest BCUT2D eigenvalue weighted by molar-refractivity contribution is 0.0962. The summed E-state index contributed by atoms with van der Waals surface area (Å²) in [6.07, 6.45) is 1.51. The molecule has 2 heterocycles. The molecule has 0 aliphatic heterocycles. The lowest BCUT2D eigenvalue weighted by Gasteiger charge is -2.07. The van der Waals surface area contributed by atoms with Crippen LogP contribution in [0.5, 0.6) is 0 Å². The van der Waals surface area contributed by atoms with Crippen LogP contribution in [0.4, 0.5) is 5.69 Å². The lowest BCUT2D eigenvalue weighted by atomic mass is 10.2. The van der Waals surface area contributed by atoms with Crippen LogP contribution in [-0.4, -0.2) is 37.1 Å². The van der Waals surface area contributed by atoms with E-state index in [2.05, 4.69) is 15.7 Å². The van der Waals surface area contributed by atoms with E-state index < -0.39 is 15.9 Å². The molecule has 0 atom stereocenters. The second-order valence-electron chi connectivity index (χ2n) is 6.95. The summed E-state index contributed by atoms with van der Waals surface area (Å²) < 4.78 is 29.8. The van der Waals surface area contributed by atoms with Crippen LogP contribution in [0.1, 0.15) is 20.8 Å². The summed E-state index contributed by atoms with van der Waals surface area (Å²) in [7, 11) is -2.28. The highest BCUT2D eigenvalue weighted by Gasteiger charge is 2.19. The Morgan fingerprint density at radius 3 is 2.27 bits per heavy atom. The van der Waals surface area contributed by atoms with Gasteiger partial charge in [-0.15, -0.1) is 0 Å². The van der Waals surface area contributed by atoms with E-state index >= 15 is 0 Å². The number of hydrogen-bond acceptors (Lipinski definition) is 6. The van der Waals surface area contributed by atoms with Crippen LogP contribution in [0, 0.1) is 0 Å². The normalized spacial score (nSPS) is 11.2. The van der Waals surface area contributed by atoms with Crippen LogP contribution in [0.3, 0.4) is 0 Å². The molecule has 0 spiro atoms. The predicted molar refractivity (Wildman–Crippen MR) is 120 cm³/mol. The number of nitrogens with two attached hydrogens (primary N) is 1. The Morgan fingerprint density at radius 1 is 1.00 bits per heavy atom. The van der Waals surface area contributed by atoms with E-state index in [0.29, 0.717) is 28.4 Å². The number of nitrogens with zero attached hydrogens (tertiary/aromatic N) is 2. The molecule has 4 aromatic rings. The second kappa shape index (κ2) is 8.73. The minimum absolute atomic E-state index is 0.0647. The van der Waals surface area contributed by atoms with Crippen molar-refractivity contribution in [3.63, 3.8) is 0 Å². The van der Waals surface area contributed by atoms with E-state index in [0.717, 1.165) is 0 Å². The zero-order chi connectivity index (χ0) is 23.6. The van der Waals surface area contributed by atoms with Crippen molar-refractivity contribution < 1.29 is 22.4 Å². The lowest BCUT2D eigenvalue weighted by Crippen LogP contribution is -2.17. The number of carbonyl (C=O) groups excluding carboxylic acids is 2. The van der Waals surface area contributed by atoms with Gasteiger partial charge in [0, 0.05) is 24.4 Å². The first-order valence-corrected chi connectivity index (χ1v) is 11.2. The molecule has 0 saturated heterocycles. The largest absolute Gasteiger partial charge is 0.463 e. The molecular weight excluding hydrogens is 446 g/mol. The highest BCUT2D eigenvalue weighted by molar-refractivity contribution is 7.89. The van der Waals surface area contributed by atoms with Gasteiger partial charge in [-0.2, -0.15) is 5.10 Å². The van der Waals surface area contributed by atoms with Gasteiger partial charge in [-0.1, -0.05) is 0 Å². The Morgan fingerprint density at radius 2 is 1.70 bits per heavy atom. The van der Waals surface area contributed by atoms with E-state index in [-0.39, 0.29) is 16.5 Å². The number of furan rings is 1. The average Bonchev–Trinajstić information content (AvgIpc) is 3.48. The van der Waals surface area contributed by atoms with E-state index in [9.17, 15) is 18.0 Å². The Balaban J connectivity index is 1.66. The van der Waals surface area contributed by atoms with Gasteiger partial charge in [0.25, 0.3) is 11.8 Å². The average molecular weight is 465 g/mol. The number of nitrogens with one attached hydrogen (secondary N) is 2. The molecule has 4 rings (SSSR count). The molecule has 33 heavy (non-hydrogen) atoms. The molecule has 0 unspecified atom stereocenters. The van der Waals surface area contributed by atoms with Gasteiger partial charge in [-0.3, -0.25) is 9.59 Å². The first-order valence-electron chi connectivity index (χ1n) is 9.67. The summed E-state index contributed by atoms with van der Waals surface area (Å²) in [4.78, 5) is 24.6. The number of rotatable bonds is 6. The van der Waals surface area contributed by atoms with Gasteiger partial charge in [-0.25, -0.2) is 18.2 Å². The van der Waals surface area contributed by atoms with Crippen LogP contribution in [0.2, 0.25) is 0 Å². The van der Waals surface area contributed by atoms with Crippen molar-refractivity contribution in [3.05, 3.63) is 84.3 Å². The maximum atomic E-state index is 12.8. The fraction of sp³-hybridized carbons (Fsp3) is 0.0455. The van der Waals surface area contributed by atoms with E-state index in [1.165, 1.54) is 35.2 Å². The first-order chi connectivity index (χ1) is 15.8. The molecule has 168 valence electrons. The van der Waals surface area contributed by atoms with Gasteiger partial charge < -0.3 is 15.1 Å². The van der Waals surface area contributed by atoms with Crippen LogP contribution in [0.15, 0.2) is 82.3 Å². The van der Waals surface area contributed by atoms with Crippen molar-refractivity contribution in [3.8, 4) is 17.1 Å².